The molecule has 0 heterocycles. The Balaban J connectivity index is 2.54. The number of aromatic hydroxyl groups is 1. The second kappa shape index (κ2) is 39.1. The van der Waals surface area contributed by atoms with E-state index in [4.69, 9.17) is 17.2 Å². The molecule has 0 aliphatic heterocycles. The maximum absolute atomic E-state index is 14.7. The Labute approximate surface area is 509 Å². The van der Waals surface area contributed by atoms with Gasteiger partial charge in [0, 0.05) is 19.3 Å². The maximum atomic E-state index is 14.7. The van der Waals surface area contributed by atoms with Crippen molar-refractivity contribution in [3.63, 3.8) is 0 Å². The number of carbonyl (C=O) groups is 11. The SMILES string of the molecule is CC[C@H](C)[C@H](NC(=O)[C@H](CCCCN)NC(=O)[C@H](CCC(=O)O)NC(=O)[C@H](CO)NC(=O)[C@@H](NC(=O)[C@@H](N)CCCCN)C(C)C)C(=O)N[C@@H](Cc1ccccc1)C(=O)N[C@@H](Cc1ccc(O)cc1)C(=O)N[C@H](C(=O)N[C@@H](CC(C)C)C(=O)O)C(C)C. The lowest BCUT2D eigenvalue weighted by molar-refractivity contribution is -0.143. The molecule has 0 unspecified atom stereocenters. The number of hydrogen-bond acceptors (Lipinski definition) is 16. The Kier molecular flexibility index (Phi) is 33.9. The number of phenolic OH excluding ortho intramolecular Hbond substituents is 1. The highest BCUT2D eigenvalue weighted by Crippen LogP contribution is 2.16. The highest BCUT2D eigenvalue weighted by molar-refractivity contribution is 5.99. The summed E-state index contributed by atoms with van der Waals surface area (Å²) in [6.07, 6.45) is 0.924. The third-order valence-corrected chi connectivity index (χ3v) is 14.5. The van der Waals surface area contributed by atoms with Crippen molar-refractivity contribution in [3.8, 4) is 5.75 Å². The molecule has 2 aromatic carbocycles. The molecule has 0 saturated carbocycles. The van der Waals surface area contributed by atoms with Crippen LogP contribution in [0.15, 0.2) is 54.6 Å². The van der Waals surface area contributed by atoms with Crippen molar-refractivity contribution in [3.05, 3.63) is 65.7 Å². The summed E-state index contributed by atoms with van der Waals surface area (Å²) in [6, 6.07) is 0.533. The number of amides is 9. The Morgan fingerprint density at radius 3 is 1.34 bits per heavy atom. The minimum atomic E-state index is -1.72. The van der Waals surface area contributed by atoms with Crippen molar-refractivity contribution in [1.29, 1.82) is 0 Å². The molecular weight excluding hydrogens is 1130 g/mol. The number of aliphatic hydroxyl groups excluding tert-OH is 1. The molecule has 0 spiro atoms. The average Bonchev–Trinajstić information content (AvgIpc) is 2.39. The van der Waals surface area contributed by atoms with E-state index in [1.165, 1.54) is 24.3 Å². The van der Waals surface area contributed by atoms with Crippen LogP contribution in [0.5, 0.6) is 5.75 Å². The van der Waals surface area contributed by atoms with Gasteiger partial charge < -0.3 is 85.5 Å². The van der Waals surface area contributed by atoms with E-state index in [9.17, 15) is 73.2 Å². The molecule has 486 valence electrons. The molecule has 0 radical (unpaired) electrons. The van der Waals surface area contributed by atoms with E-state index < -0.39 is 163 Å². The summed E-state index contributed by atoms with van der Waals surface area (Å²) in [5.74, 6) is -12.4. The highest BCUT2D eigenvalue weighted by Gasteiger charge is 2.38. The first-order valence-corrected chi connectivity index (χ1v) is 29.8. The van der Waals surface area contributed by atoms with Gasteiger partial charge in [0.05, 0.1) is 12.6 Å². The van der Waals surface area contributed by atoms with Gasteiger partial charge in [-0.15, -0.1) is 0 Å². The van der Waals surface area contributed by atoms with Crippen LogP contribution in [0, 0.1) is 23.7 Å². The van der Waals surface area contributed by atoms with Crippen molar-refractivity contribution in [2.24, 2.45) is 40.9 Å². The molecule has 27 nitrogen and oxygen atoms in total. The molecular formula is C60H96N12O15. The van der Waals surface area contributed by atoms with Crippen molar-refractivity contribution >= 4 is 65.1 Å². The van der Waals surface area contributed by atoms with Crippen LogP contribution < -0.4 is 65.1 Å². The van der Waals surface area contributed by atoms with Crippen LogP contribution in [0.2, 0.25) is 0 Å². The number of carbonyl (C=O) groups excluding carboxylic acids is 9. The minimum Gasteiger partial charge on any atom is -0.508 e. The fourth-order valence-electron chi connectivity index (χ4n) is 9.10. The molecule has 9 amide bonds. The zero-order valence-electron chi connectivity index (χ0n) is 51.4. The number of carboxylic acid groups (broad SMARTS) is 2. The van der Waals surface area contributed by atoms with Crippen LogP contribution in [0.1, 0.15) is 131 Å². The second-order valence-corrected chi connectivity index (χ2v) is 23.0. The van der Waals surface area contributed by atoms with Crippen LogP contribution in [-0.4, -0.2) is 166 Å². The molecule has 0 aliphatic rings. The highest BCUT2D eigenvalue weighted by atomic mass is 16.4. The lowest BCUT2D eigenvalue weighted by Crippen LogP contribution is -2.62. The van der Waals surface area contributed by atoms with Crippen molar-refractivity contribution in [2.45, 2.75) is 193 Å². The Morgan fingerprint density at radius 2 is 0.862 bits per heavy atom. The summed E-state index contributed by atoms with van der Waals surface area (Å²) in [5.41, 5.74) is 18.4. The summed E-state index contributed by atoms with van der Waals surface area (Å²) in [6.45, 7) is 13.1. The molecule has 2 aromatic rings. The normalized spacial score (nSPS) is 15.1. The molecule has 19 N–H and O–H groups in total. The second-order valence-electron chi connectivity index (χ2n) is 23.0. The van der Waals surface area contributed by atoms with Gasteiger partial charge in [0.2, 0.25) is 53.2 Å². The van der Waals surface area contributed by atoms with E-state index in [0.29, 0.717) is 43.4 Å². The number of unbranched alkanes of at least 4 members (excludes halogenated alkanes) is 2. The number of carboxylic acids is 2. The molecule has 11 atom stereocenters. The van der Waals surface area contributed by atoms with Gasteiger partial charge in [-0.05, 0) is 105 Å². The molecule has 0 bridgehead atoms. The summed E-state index contributed by atoms with van der Waals surface area (Å²) in [7, 11) is 0. The Morgan fingerprint density at radius 1 is 0.460 bits per heavy atom. The zero-order chi connectivity index (χ0) is 65.5. The van der Waals surface area contributed by atoms with Crippen molar-refractivity contribution in [1.82, 2.24) is 47.9 Å². The molecule has 2 rings (SSSR count). The standard InChI is InChI=1S/C60H96N12O15/c1-9-36(8)50(72-53(79)41(20-14-16-28-62)64-52(78)42(25-26-47(75)76)65-56(82)46(32-73)69-58(84)48(34(4)5)70-51(77)40(63)19-13-15-27-61)59(85)67-43(30-37-17-11-10-12-18-37)54(80)66-44(31-38-21-23-39(74)24-22-38)55(81)71-49(35(6)7)57(83)68-45(60(86)87)29-33(2)3/h10-12,17-18,21-24,33-36,40-46,48-50,73-74H,9,13-16,19-20,25-32,61-63H2,1-8H3,(H,64,78)(H,65,82)(H,66,80)(H,67,85)(H,68,83)(H,69,84)(H,70,77)(H,71,81)(H,72,79)(H,75,76)(H,86,87)/t36-,40-,41-,42-,43-,44-,45-,46-,48-,49-,50-/m0/s1. The Bertz CT molecular complexity index is 2560. The summed E-state index contributed by atoms with van der Waals surface area (Å²) >= 11 is 0. The van der Waals surface area contributed by atoms with E-state index >= 15 is 0 Å². The van der Waals surface area contributed by atoms with Crippen LogP contribution in [0.4, 0.5) is 0 Å². The quantitative estimate of drug-likeness (QED) is 0.0372. The van der Waals surface area contributed by atoms with Crippen LogP contribution in [0.3, 0.4) is 0 Å². The average molecular weight is 1230 g/mol. The van der Waals surface area contributed by atoms with E-state index in [-0.39, 0.29) is 56.7 Å². The zero-order valence-corrected chi connectivity index (χ0v) is 51.4. The van der Waals surface area contributed by atoms with Crippen molar-refractivity contribution < 1.29 is 73.2 Å². The number of aliphatic carboxylic acids is 2. The largest absolute Gasteiger partial charge is 0.508 e. The van der Waals surface area contributed by atoms with Gasteiger partial charge in [-0.25, -0.2) is 4.79 Å². The van der Waals surface area contributed by atoms with E-state index in [1.54, 1.807) is 85.7 Å². The number of nitrogens with two attached hydrogens (primary N) is 3. The minimum absolute atomic E-state index is 0.0710. The Hall–Kier alpha value is -7.75. The summed E-state index contributed by atoms with van der Waals surface area (Å²) < 4.78 is 0. The van der Waals surface area contributed by atoms with Crippen molar-refractivity contribution in [2.75, 3.05) is 19.7 Å². The number of rotatable bonds is 41. The van der Waals surface area contributed by atoms with Gasteiger partial charge in [0.15, 0.2) is 0 Å². The van der Waals surface area contributed by atoms with Crippen LogP contribution in [-0.2, 0) is 65.6 Å². The molecule has 0 fully saturated rings. The topological polar surface area (TPSA) is 455 Å². The summed E-state index contributed by atoms with van der Waals surface area (Å²) in [4.78, 5) is 150. The number of aliphatic hydroxyl groups is 1. The number of benzene rings is 2. The third kappa shape index (κ3) is 27.2. The summed E-state index contributed by atoms with van der Waals surface area (Å²) in [5, 5.41) is 63.1. The van der Waals surface area contributed by atoms with E-state index in [0.717, 1.165) is 0 Å². The first-order valence-electron chi connectivity index (χ1n) is 29.8. The van der Waals surface area contributed by atoms with Gasteiger partial charge in [-0.1, -0.05) is 111 Å². The van der Waals surface area contributed by atoms with Crippen LogP contribution in [0.25, 0.3) is 0 Å². The molecule has 0 saturated heterocycles. The van der Waals surface area contributed by atoms with Gasteiger partial charge in [0.1, 0.15) is 60.1 Å². The fourth-order valence-corrected chi connectivity index (χ4v) is 9.10. The van der Waals surface area contributed by atoms with Gasteiger partial charge in [-0.3, -0.25) is 47.9 Å². The maximum Gasteiger partial charge on any atom is 0.326 e. The van der Waals surface area contributed by atoms with Gasteiger partial charge in [0.25, 0.3) is 0 Å². The number of phenols is 1. The first kappa shape index (κ1) is 75.3. The number of nitrogens with one attached hydrogen (secondary N) is 9. The van der Waals surface area contributed by atoms with Gasteiger partial charge >= 0.3 is 11.9 Å². The molecule has 0 aromatic heterocycles. The molecule has 0 aliphatic carbocycles. The van der Waals surface area contributed by atoms with Crippen LogP contribution >= 0.6 is 0 Å². The predicted molar refractivity (Wildman–Crippen MR) is 323 cm³/mol. The third-order valence-electron chi connectivity index (χ3n) is 14.5. The fraction of sp³-hybridized carbons (Fsp3) is 0.617. The lowest BCUT2D eigenvalue weighted by Gasteiger charge is -2.30. The van der Waals surface area contributed by atoms with E-state index in [2.05, 4.69) is 47.9 Å². The lowest BCUT2D eigenvalue weighted by atomic mass is 9.96. The monoisotopic (exact) mass is 1220 g/mol. The molecule has 27 heteroatoms. The molecule has 87 heavy (non-hydrogen) atoms. The van der Waals surface area contributed by atoms with Gasteiger partial charge in [-0.2, -0.15) is 0 Å². The predicted octanol–water partition coefficient (Wildman–Crippen LogP) is -0.528. The first-order chi connectivity index (χ1) is 41.1. The smallest absolute Gasteiger partial charge is 0.326 e. The van der Waals surface area contributed by atoms with E-state index in [1.807, 2.05) is 0 Å². The number of hydrogen-bond donors (Lipinski definition) is 16.